The highest BCUT2D eigenvalue weighted by atomic mass is 79.9. The van der Waals surface area contributed by atoms with Gasteiger partial charge in [-0.2, -0.15) is 0 Å². The summed E-state index contributed by atoms with van der Waals surface area (Å²) in [6.07, 6.45) is 2.42. The number of pyridine rings is 1. The molecule has 2 aromatic rings. The Kier molecular flexibility index (Phi) is 4.66. The zero-order valence-corrected chi connectivity index (χ0v) is 12.5. The summed E-state index contributed by atoms with van der Waals surface area (Å²) in [6.45, 7) is 1.78. The minimum Gasteiger partial charge on any atom is -0.313 e. The molecule has 0 fully saturated rings. The minimum absolute atomic E-state index is 0.0754. The topological polar surface area (TPSA) is 24.9 Å². The fraction of sp³-hybridized carbons (Fsp3) is 0.267. The number of hydrogen-bond acceptors (Lipinski definition) is 2. The predicted molar refractivity (Wildman–Crippen MR) is 78.6 cm³/mol. The number of nitrogens with zero attached hydrogens (tertiary/aromatic N) is 1. The number of nitrogens with one attached hydrogen (secondary N) is 1. The lowest BCUT2D eigenvalue weighted by Crippen LogP contribution is -2.20. The summed E-state index contributed by atoms with van der Waals surface area (Å²) in [6, 6.07) is 9.30. The maximum atomic E-state index is 14.1. The second kappa shape index (κ2) is 6.26. The molecular formula is C15H16BrFN2. The number of halogens is 2. The smallest absolute Gasteiger partial charge is 0.130 e. The quantitative estimate of drug-likeness (QED) is 0.926. The van der Waals surface area contributed by atoms with Gasteiger partial charge < -0.3 is 5.32 Å². The number of rotatable bonds is 4. The van der Waals surface area contributed by atoms with Crippen molar-refractivity contribution in [3.8, 4) is 0 Å². The van der Waals surface area contributed by atoms with Crippen molar-refractivity contribution < 1.29 is 4.39 Å². The van der Waals surface area contributed by atoms with E-state index in [1.807, 2.05) is 31.3 Å². The molecule has 0 aliphatic rings. The molecule has 4 heteroatoms. The molecule has 0 amide bonds. The van der Waals surface area contributed by atoms with Crippen molar-refractivity contribution in [1.29, 1.82) is 0 Å². The highest BCUT2D eigenvalue weighted by Gasteiger charge is 2.16. The van der Waals surface area contributed by atoms with Gasteiger partial charge in [0.15, 0.2) is 0 Å². The Bertz CT molecular complexity index is 555. The molecule has 0 saturated carbocycles. The summed E-state index contributed by atoms with van der Waals surface area (Å²) in [5, 5.41) is 3.16. The maximum absolute atomic E-state index is 14.1. The zero-order valence-electron chi connectivity index (χ0n) is 11.0. The van der Waals surface area contributed by atoms with Crippen molar-refractivity contribution in [3.05, 3.63) is 63.6 Å². The van der Waals surface area contributed by atoms with Crippen LogP contribution < -0.4 is 5.32 Å². The van der Waals surface area contributed by atoms with Gasteiger partial charge in [0.25, 0.3) is 0 Å². The SMILES string of the molecule is CNC(Cc1ccc(Br)cn1)c1cccc(C)c1F. The lowest BCUT2D eigenvalue weighted by atomic mass is 9.99. The van der Waals surface area contributed by atoms with E-state index in [1.54, 1.807) is 19.2 Å². The average Bonchev–Trinajstić information content (AvgIpc) is 2.42. The van der Waals surface area contributed by atoms with E-state index in [-0.39, 0.29) is 11.9 Å². The first-order chi connectivity index (χ1) is 9.11. The van der Waals surface area contributed by atoms with Crippen molar-refractivity contribution in [3.63, 3.8) is 0 Å². The summed E-state index contributed by atoms with van der Waals surface area (Å²) in [5.74, 6) is -0.140. The summed E-state index contributed by atoms with van der Waals surface area (Å²) in [5.41, 5.74) is 2.29. The van der Waals surface area contributed by atoms with Crippen LogP contribution in [-0.4, -0.2) is 12.0 Å². The normalized spacial score (nSPS) is 12.4. The van der Waals surface area contributed by atoms with Crippen LogP contribution in [0.15, 0.2) is 41.0 Å². The van der Waals surface area contributed by atoms with Crippen molar-refractivity contribution in [2.24, 2.45) is 0 Å². The van der Waals surface area contributed by atoms with Crippen LogP contribution >= 0.6 is 15.9 Å². The van der Waals surface area contributed by atoms with Crippen LogP contribution in [0.2, 0.25) is 0 Å². The molecule has 0 spiro atoms. The molecule has 1 atom stereocenters. The van der Waals surface area contributed by atoms with Crippen LogP contribution in [0.5, 0.6) is 0 Å². The van der Waals surface area contributed by atoms with Crippen LogP contribution in [0, 0.1) is 12.7 Å². The second-order valence-electron chi connectivity index (χ2n) is 4.49. The standard InChI is InChI=1S/C15H16BrFN2/c1-10-4-3-5-13(15(10)17)14(18-2)8-12-7-6-11(16)9-19-12/h3-7,9,14,18H,8H2,1-2H3. The Morgan fingerprint density at radius 3 is 2.74 bits per heavy atom. The van der Waals surface area contributed by atoms with Gasteiger partial charge >= 0.3 is 0 Å². The Morgan fingerprint density at radius 1 is 1.32 bits per heavy atom. The molecule has 19 heavy (non-hydrogen) atoms. The van der Waals surface area contributed by atoms with E-state index in [0.717, 1.165) is 10.2 Å². The molecule has 0 saturated heterocycles. The maximum Gasteiger partial charge on any atom is 0.130 e. The van der Waals surface area contributed by atoms with Gasteiger partial charge in [-0.15, -0.1) is 0 Å². The molecule has 1 N–H and O–H groups in total. The van der Waals surface area contributed by atoms with Gasteiger partial charge in [-0.3, -0.25) is 4.98 Å². The predicted octanol–water partition coefficient (Wildman–Crippen LogP) is 3.79. The molecule has 0 aliphatic carbocycles. The monoisotopic (exact) mass is 322 g/mol. The first-order valence-electron chi connectivity index (χ1n) is 6.14. The van der Waals surface area contributed by atoms with Crippen LogP contribution in [0.25, 0.3) is 0 Å². The molecule has 2 rings (SSSR count). The number of aromatic nitrogens is 1. The van der Waals surface area contributed by atoms with Crippen molar-refractivity contribution in [2.75, 3.05) is 7.05 Å². The molecule has 0 bridgehead atoms. The Morgan fingerprint density at radius 2 is 2.11 bits per heavy atom. The highest BCUT2D eigenvalue weighted by molar-refractivity contribution is 9.10. The first-order valence-corrected chi connectivity index (χ1v) is 6.94. The Hall–Kier alpha value is -1.26. The number of benzene rings is 1. The first kappa shape index (κ1) is 14.2. The molecule has 1 aromatic heterocycles. The Labute approximate surface area is 121 Å². The molecular weight excluding hydrogens is 307 g/mol. The van der Waals surface area contributed by atoms with E-state index in [9.17, 15) is 4.39 Å². The van der Waals surface area contributed by atoms with Crippen molar-refractivity contribution in [1.82, 2.24) is 10.3 Å². The minimum atomic E-state index is -0.140. The fourth-order valence-electron chi connectivity index (χ4n) is 2.04. The summed E-state index contributed by atoms with van der Waals surface area (Å²) >= 11 is 3.36. The van der Waals surface area contributed by atoms with Crippen LogP contribution in [0.4, 0.5) is 4.39 Å². The third-order valence-corrected chi connectivity index (χ3v) is 3.62. The van der Waals surface area contributed by atoms with E-state index in [4.69, 9.17) is 0 Å². The third kappa shape index (κ3) is 3.39. The number of aryl methyl sites for hydroxylation is 1. The van der Waals surface area contributed by atoms with Gasteiger partial charge in [0.1, 0.15) is 5.82 Å². The molecule has 2 nitrogen and oxygen atoms in total. The van der Waals surface area contributed by atoms with E-state index in [0.29, 0.717) is 17.5 Å². The average molecular weight is 323 g/mol. The highest BCUT2D eigenvalue weighted by Crippen LogP contribution is 2.22. The number of likely N-dealkylation sites (N-methyl/N-ethyl adjacent to an activating group) is 1. The van der Waals surface area contributed by atoms with Crippen LogP contribution in [0.1, 0.15) is 22.9 Å². The van der Waals surface area contributed by atoms with E-state index in [2.05, 4.69) is 26.2 Å². The van der Waals surface area contributed by atoms with Gasteiger partial charge in [0, 0.05) is 34.4 Å². The molecule has 1 aromatic carbocycles. The van der Waals surface area contributed by atoms with Gasteiger partial charge in [-0.25, -0.2) is 4.39 Å². The van der Waals surface area contributed by atoms with Crippen LogP contribution in [-0.2, 0) is 6.42 Å². The molecule has 1 unspecified atom stereocenters. The van der Waals surface area contributed by atoms with Crippen molar-refractivity contribution in [2.45, 2.75) is 19.4 Å². The summed E-state index contributed by atoms with van der Waals surface area (Å²) in [4.78, 5) is 4.33. The van der Waals surface area contributed by atoms with Gasteiger partial charge in [-0.05, 0) is 47.6 Å². The number of hydrogen-bond donors (Lipinski definition) is 1. The molecule has 1 heterocycles. The third-order valence-electron chi connectivity index (χ3n) is 3.15. The molecule has 0 radical (unpaired) electrons. The summed E-state index contributed by atoms with van der Waals surface area (Å²) in [7, 11) is 1.84. The molecule has 100 valence electrons. The largest absolute Gasteiger partial charge is 0.313 e. The second-order valence-corrected chi connectivity index (χ2v) is 5.41. The van der Waals surface area contributed by atoms with Crippen LogP contribution in [0.3, 0.4) is 0 Å². The van der Waals surface area contributed by atoms with Crippen molar-refractivity contribution >= 4 is 15.9 Å². The van der Waals surface area contributed by atoms with E-state index >= 15 is 0 Å². The van der Waals surface area contributed by atoms with Gasteiger partial charge in [0.2, 0.25) is 0 Å². The summed E-state index contributed by atoms with van der Waals surface area (Å²) < 4.78 is 15.1. The lowest BCUT2D eigenvalue weighted by Gasteiger charge is -2.18. The van der Waals surface area contributed by atoms with Gasteiger partial charge in [-0.1, -0.05) is 18.2 Å². The fourth-order valence-corrected chi connectivity index (χ4v) is 2.28. The Balaban J connectivity index is 2.25. The zero-order chi connectivity index (χ0) is 13.8. The lowest BCUT2D eigenvalue weighted by molar-refractivity contribution is 0.526. The van der Waals surface area contributed by atoms with E-state index in [1.165, 1.54) is 0 Å². The molecule has 0 aliphatic heterocycles. The van der Waals surface area contributed by atoms with E-state index < -0.39 is 0 Å². The van der Waals surface area contributed by atoms with Gasteiger partial charge in [0.05, 0.1) is 0 Å².